The minimum atomic E-state index is -0.124. The first-order valence-corrected chi connectivity index (χ1v) is 7.57. The third-order valence-corrected chi connectivity index (χ3v) is 4.48. The lowest BCUT2D eigenvalue weighted by molar-refractivity contribution is -0.132. The van der Waals surface area contributed by atoms with Crippen LogP contribution in [0.2, 0.25) is 0 Å². The molecule has 0 saturated carbocycles. The van der Waals surface area contributed by atoms with Crippen LogP contribution in [-0.4, -0.2) is 66.5 Å². The molecule has 2 amide bonds. The maximum Gasteiger partial charge on any atom is 0.248 e. The maximum absolute atomic E-state index is 12.4. The molecular formula is C16H21N3O3. The Bertz CT molecular complexity index is 563. The van der Waals surface area contributed by atoms with Gasteiger partial charge in [-0.3, -0.25) is 14.6 Å². The predicted octanol–water partition coefficient (Wildman–Crippen LogP) is 0.331. The number of rotatable bonds is 2. The van der Waals surface area contributed by atoms with Crippen molar-refractivity contribution in [1.29, 1.82) is 0 Å². The smallest absolute Gasteiger partial charge is 0.248 e. The van der Waals surface area contributed by atoms with Crippen LogP contribution in [-0.2, 0) is 20.7 Å². The van der Waals surface area contributed by atoms with E-state index in [1.165, 1.54) is 0 Å². The fourth-order valence-electron chi connectivity index (χ4n) is 3.27. The lowest BCUT2D eigenvalue weighted by Crippen LogP contribution is -2.41. The molecule has 22 heavy (non-hydrogen) atoms. The average Bonchev–Trinajstić information content (AvgIpc) is 2.86. The lowest BCUT2D eigenvalue weighted by Gasteiger charge is -2.29. The number of nitrogens with zero attached hydrogens (tertiary/aromatic N) is 3. The highest BCUT2D eigenvalue weighted by molar-refractivity contribution is 5.79. The van der Waals surface area contributed by atoms with Crippen LogP contribution in [0.3, 0.4) is 0 Å². The summed E-state index contributed by atoms with van der Waals surface area (Å²) in [6.45, 7) is 2.70. The molecule has 0 N–H and O–H groups in total. The van der Waals surface area contributed by atoms with Crippen molar-refractivity contribution in [2.75, 3.05) is 39.9 Å². The minimum absolute atomic E-state index is 0.00939. The summed E-state index contributed by atoms with van der Waals surface area (Å²) in [5.41, 5.74) is 0.665. The van der Waals surface area contributed by atoms with E-state index in [2.05, 4.69) is 4.98 Å². The molecule has 1 aromatic rings. The van der Waals surface area contributed by atoms with Crippen LogP contribution in [0.25, 0.3) is 0 Å². The van der Waals surface area contributed by atoms with Gasteiger partial charge in [0.25, 0.3) is 0 Å². The second-order valence-electron chi connectivity index (χ2n) is 6.31. The average molecular weight is 303 g/mol. The zero-order valence-electron chi connectivity index (χ0n) is 12.8. The highest BCUT2D eigenvalue weighted by Gasteiger charge is 2.43. The van der Waals surface area contributed by atoms with Crippen molar-refractivity contribution in [3.05, 3.63) is 30.1 Å². The van der Waals surface area contributed by atoms with Crippen LogP contribution in [0.1, 0.15) is 12.1 Å². The Balaban J connectivity index is 1.64. The van der Waals surface area contributed by atoms with Crippen LogP contribution in [0.15, 0.2) is 24.4 Å². The molecule has 2 aliphatic rings. The van der Waals surface area contributed by atoms with E-state index in [0.29, 0.717) is 26.1 Å². The van der Waals surface area contributed by atoms with Crippen molar-refractivity contribution in [2.45, 2.75) is 12.8 Å². The van der Waals surface area contributed by atoms with Gasteiger partial charge in [-0.2, -0.15) is 0 Å². The monoisotopic (exact) mass is 303 g/mol. The first kappa shape index (κ1) is 15.0. The standard InChI is InChI=1S/C16H21N3O3/c1-18-10-16(12-22-9-15(18)21)5-7-19(11-16)14(20)8-13-4-2-3-6-17-13/h2-4,6H,5,7-12H2,1H3. The number of ether oxygens (including phenoxy) is 1. The van der Waals surface area contributed by atoms with Gasteiger partial charge in [-0.05, 0) is 18.6 Å². The van der Waals surface area contributed by atoms with Gasteiger partial charge in [-0.25, -0.2) is 0 Å². The summed E-state index contributed by atoms with van der Waals surface area (Å²) in [5.74, 6) is 0.101. The van der Waals surface area contributed by atoms with Crippen LogP contribution in [0, 0.1) is 5.41 Å². The Morgan fingerprint density at radius 3 is 3.05 bits per heavy atom. The van der Waals surface area contributed by atoms with E-state index in [1.807, 2.05) is 23.1 Å². The van der Waals surface area contributed by atoms with Gasteiger partial charge in [0, 0.05) is 44.0 Å². The van der Waals surface area contributed by atoms with Crippen LogP contribution in [0.4, 0.5) is 0 Å². The number of aromatic nitrogens is 1. The van der Waals surface area contributed by atoms with E-state index in [1.54, 1.807) is 18.1 Å². The molecule has 2 saturated heterocycles. The number of pyridine rings is 1. The van der Waals surface area contributed by atoms with Gasteiger partial charge < -0.3 is 14.5 Å². The molecular weight excluding hydrogens is 282 g/mol. The molecule has 6 nitrogen and oxygen atoms in total. The van der Waals surface area contributed by atoms with Crippen molar-refractivity contribution in [3.63, 3.8) is 0 Å². The second kappa shape index (κ2) is 6.04. The highest BCUT2D eigenvalue weighted by atomic mass is 16.5. The molecule has 2 fully saturated rings. The zero-order chi connectivity index (χ0) is 15.6. The predicted molar refractivity (Wildman–Crippen MR) is 80.0 cm³/mol. The van der Waals surface area contributed by atoms with Gasteiger partial charge in [-0.1, -0.05) is 6.07 Å². The number of amides is 2. The topological polar surface area (TPSA) is 62.7 Å². The third kappa shape index (κ3) is 3.11. The van der Waals surface area contributed by atoms with E-state index in [0.717, 1.165) is 18.7 Å². The molecule has 6 heteroatoms. The number of likely N-dealkylation sites (tertiary alicyclic amines) is 1. The minimum Gasteiger partial charge on any atom is -0.371 e. The van der Waals surface area contributed by atoms with Gasteiger partial charge in [0.1, 0.15) is 6.61 Å². The first-order valence-electron chi connectivity index (χ1n) is 7.57. The van der Waals surface area contributed by atoms with Crippen molar-refractivity contribution in [1.82, 2.24) is 14.8 Å². The molecule has 1 unspecified atom stereocenters. The summed E-state index contributed by atoms with van der Waals surface area (Å²) in [6, 6.07) is 5.60. The Morgan fingerprint density at radius 1 is 1.41 bits per heavy atom. The molecule has 0 bridgehead atoms. The molecule has 1 aromatic heterocycles. The number of carbonyl (C=O) groups is 2. The van der Waals surface area contributed by atoms with E-state index < -0.39 is 0 Å². The molecule has 0 radical (unpaired) electrons. The molecule has 1 atom stereocenters. The molecule has 0 aliphatic carbocycles. The Hall–Kier alpha value is -1.95. The molecule has 2 aliphatic heterocycles. The Labute approximate surface area is 130 Å². The van der Waals surface area contributed by atoms with E-state index in [4.69, 9.17) is 4.74 Å². The summed E-state index contributed by atoms with van der Waals surface area (Å²) < 4.78 is 5.52. The molecule has 1 spiro atoms. The first-order chi connectivity index (χ1) is 10.6. The van der Waals surface area contributed by atoms with Gasteiger partial charge in [0.2, 0.25) is 11.8 Å². The number of hydrogen-bond acceptors (Lipinski definition) is 4. The van der Waals surface area contributed by atoms with Crippen molar-refractivity contribution < 1.29 is 14.3 Å². The van der Waals surface area contributed by atoms with E-state index in [-0.39, 0.29) is 23.8 Å². The van der Waals surface area contributed by atoms with E-state index >= 15 is 0 Å². The Morgan fingerprint density at radius 2 is 2.27 bits per heavy atom. The van der Waals surface area contributed by atoms with Gasteiger partial charge in [-0.15, -0.1) is 0 Å². The van der Waals surface area contributed by atoms with Crippen molar-refractivity contribution >= 4 is 11.8 Å². The normalized spacial score (nSPS) is 25.6. The van der Waals surface area contributed by atoms with Crippen molar-refractivity contribution in [3.8, 4) is 0 Å². The zero-order valence-corrected chi connectivity index (χ0v) is 12.8. The summed E-state index contributed by atoms with van der Waals surface area (Å²) in [4.78, 5) is 32.0. The molecule has 3 heterocycles. The third-order valence-electron chi connectivity index (χ3n) is 4.48. The molecule has 0 aromatic carbocycles. The summed E-state index contributed by atoms with van der Waals surface area (Å²) >= 11 is 0. The van der Waals surface area contributed by atoms with Crippen molar-refractivity contribution in [2.24, 2.45) is 5.41 Å². The number of hydrogen-bond donors (Lipinski definition) is 0. The highest BCUT2D eigenvalue weighted by Crippen LogP contribution is 2.33. The lowest BCUT2D eigenvalue weighted by atomic mass is 9.88. The fourth-order valence-corrected chi connectivity index (χ4v) is 3.27. The molecule has 3 rings (SSSR count). The van der Waals surface area contributed by atoms with Gasteiger partial charge >= 0.3 is 0 Å². The van der Waals surface area contributed by atoms with E-state index in [9.17, 15) is 9.59 Å². The summed E-state index contributed by atoms with van der Waals surface area (Å²) in [6.07, 6.45) is 2.90. The SMILES string of the molecule is CN1CC2(CCN(C(=O)Cc3ccccn3)C2)COCC1=O. The van der Waals surface area contributed by atoms with Gasteiger partial charge in [0.05, 0.1) is 13.0 Å². The maximum atomic E-state index is 12.4. The van der Waals surface area contributed by atoms with Crippen LogP contribution < -0.4 is 0 Å². The number of carbonyl (C=O) groups excluding carboxylic acids is 2. The largest absolute Gasteiger partial charge is 0.371 e. The second-order valence-corrected chi connectivity index (χ2v) is 6.31. The quantitative estimate of drug-likeness (QED) is 0.790. The molecule has 118 valence electrons. The fraction of sp³-hybridized carbons (Fsp3) is 0.562. The van der Waals surface area contributed by atoms with Crippen LogP contribution >= 0.6 is 0 Å². The van der Waals surface area contributed by atoms with Gasteiger partial charge in [0.15, 0.2) is 0 Å². The Kier molecular flexibility index (Phi) is 4.11. The van der Waals surface area contributed by atoms with Crippen LogP contribution in [0.5, 0.6) is 0 Å². The summed E-state index contributed by atoms with van der Waals surface area (Å²) in [7, 11) is 1.80. The summed E-state index contributed by atoms with van der Waals surface area (Å²) in [5, 5.41) is 0. The number of likely N-dealkylation sites (N-methyl/N-ethyl adjacent to an activating group) is 1.